The van der Waals surface area contributed by atoms with Crippen molar-refractivity contribution in [2.75, 3.05) is 19.7 Å². The average Bonchev–Trinajstić information content (AvgIpc) is 2.30. The zero-order valence-electron chi connectivity index (χ0n) is 8.27. The van der Waals surface area contributed by atoms with Crippen molar-refractivity contribution < 1.29 is 14.6 Å². The van der Waals surface area contributed by atoms with Crippen LogP contribution in [0.1, 0.15) is 22.0 Å². The third-order valence-electron chi connectivity index (χ3n) is 2.43. The van der Waals surface area contributed by atoms with E-state index in [9.17, 15) is 4.79 Å². The van der Waals surface area contributed by atoms with Crippen molar-refractivity contribution in [1.29, 1.82) is 0 Å². The Labute approximate surface area is 87.9 Å². The van der Waals surface area contributed by atoms with E-state index in [4.69, 9.17) is 9.84 Å². The van der Waals surface area contributed by atoms with Gasteiger partial charge in [0, 0.05) is 13.1 Å². The number of benzene rings is 1. The molecule has 1 saturated heterocycles. The monoisotopic (exact) mass is 207 g/mol. The highest BCUT2D eigenvalue weighted by Gasteiger charge is 2.16. The molecule has 15 heavy (non-hydrogen) atoms. The fraction of sp³-hybridized carbons (Fsp3) is 0.364. The predicted molar refractivity (Wildman–Crippen MR) is 55.0 cm³/mol. The van der Waals surface area contributed by atoms with Gasteiger partial charge in [-0.3, -0.25) is 0 Å². The fourth-order valence-electron chi connectivity index (χ4n) is 1.65. The molecular weight excluding hydrogens is 194 g/mol. The van der Waals surface area contributed by atoms with Gasteiger partial charge in [0.05, 0.1) is 18.3 Å². The van der Waals surface area contributed by atoms with E-state index < -0.39 is 5.97 Å². The van der Waals surface area contributed by atoms with Crippen molar-refractivity contribution in [1.82, 2.24) is 5.32 Å². The lowest BCUT2D eigenvalue weighted by Crippen LogP contribution is -2.33. The molecule has 4 nitrogen and oxygen atoms in total. The van der Waals surface area contributed by atoms with E-state index in [0.717, 1.165) is 18.7 Å². The molecular formula is C11H13NO3. The molecule has 1 aliphatic rings. The number of ether oxygens (including phenoxy) is 1. The number of carbonyl (C=O) groups is 1. The lowest BCUT2D eigenvalue weighted by atomic mass is 10.1. The number of rotatable bonds is 2. The first-order valence-electron chi connectivity index (χ1n) is 4.93. The maximum absolute atomic E-state index is 10.8. The van der Waals surface area contributed by atoms with E-state index in [0.29, 0.717) is 12.2 Å². The minimum absolute atomic E-state index is 0.0296. The summed E-state index contributed by atoms with van der Waals surface area (Å²) in [5.41, 5.74) is 1.23. The van der Waals surface area contributed by atoms with Gasteiger partial charge in [0.15, 0.2) is 0 Å². The van der Waals surface area contributed by atoms with Crippen LogP contribution in [0.4, 0.5) is 0 Å². The van der Waals surface area contributed by atoms with Gasteiger partial charge in [-0.15, -0.1) is 0 Å². The van der Waals surface area contributed by atoms with Crippen molar-refractivity contribution in [2.45, 2.75) is 6.10 Å². The minimum atomic E-state index is -0.902. The van der Waals surface area contributed by atoms with Crippen molar-refractivity contribution in [3.63, 3.8) is 0 Å². The van der Waals surface area contributed by atoms with Gasteiger partial charge < -0.3 is 15.2 Å². The molecule has 80 valence electrons. The van der Waals surface area contributed by atoms with E-state index in [2.05, 4.69) is 5.32 Å². The number of nitrogens with one attached hydrogen (secondary N) is 1. The Balaban J connectivity index is 2.19. The summed E-state index contributed by atoms with van der Waals surface area (Å²) in [6.45, 7) is 2.26. The zero-order chi connectivity index (χ0) is 10.7. The molecule has 0 unspecified atom stereocenters. The van der Waals surface area contributed by atoms with Crippen LogP contribution in [0.3, 0.4) is 0 Å². The molecule has 1 aromatic rings. The summed E-state index contributed by atoms with van der Waals surface area (Å²) in [7, 11) is 0. The molecule has 2 rings (SSSR count). The van der Waals surface area contributed by atoms with Crippen molar-refractivity contribution >= 4 is 5.97 Å². The van der Waals surface area contributed by atoms with Crippen LogP contribution in [-0.4, -0.2) is 30.8 Å². The zero-order valence-corrected chi connectivity index (χ0v) is 8.27. The highest BCUT2D eigenvalue weighted by Crippen LogP contribution is 2.19. The van der Waals surface area contributed by atoms with E-state index in [1.165, 1.54) is 0 Å². The Kier molecular flexibility index (Phi) is 2.99. The van der Waals surface area contributed by atoms with Crippen LogP contribution in [0.5, 0.6) is 0 Å². The molecule has 0 amide bonds. The van der Waals surface area contributed by atoms with Crippen molar-refractivity contribution in [3.05, 3.63) is 35.4 Å². The molecule has 0 bridgehead atoms. The number of hydrogen-bond acceptors (Lipinski definition) is 3. The Hall–Kier alpha value is -1.39. The normalized spacial score (nSPS) is 21.2. The van der Waals surface area contributed by atoms with Gasteiger partial charge in [0.1, 0.15) is 0 Å². The second kappa shape index (κ2) is 4.42. The van der Waals surface area contributed by atoms with E-state index in [-0.39, 0.29) is 6.10 Å². The first-order chi connectivity index (χ1) is 7.27. The minimum Gasteiger partial charge on any atom is -0.478 e. The summed E-state index contributed by atoms with van der Waals surface area (Å²) in [6.07, 6.45) is -0.0296. The van der Waals surface area contributed by atoms with Gasteiger partial charge in [0.25, 0.3) is 0 Å². The molecule has 1 fully saturated rings. The molecule has 4 heteroatoms. The van der Waals surface area contributed by atoms with Crippen LogP contribution < -0.4 is 5.32 Å². The molecule has 1 aliphatic heterocycles. The average molecular weight is 207 g/mol. The number of carboxylic acids is 1. The standard InChI is InChI=1S/C11H13NO3/c13-11(14)9-3-1-2-8(6-9)10-7-12-4-5-15-10/h1-3,6,10,12H,4-5,7H2,(H,13,14)/t10-/m0/s1. The molecule has 0 aliphatic carbocycles. The Morgan fingerprint density at radius 2 is 2.40 bits per heavy atom. The molecule has 1 atom stereocenters. The molecule has 1 heterocycles. The van der Waals surface area contributed by atoms with Crippen molar-refractivity contribution in [3.8, 4) is 0 Å². The Bertz CT molecular complexity index is 359. The van der Waals surface area contributed by atoms with Gasteiger partial charge >= 0.3 is 5.97 Å². The van der Waals surface area contributed by atoms with Crippen LogP contribution in [0.2, 0.25) is 0 Å². The van der Waals surface area contributed by atoms with Crippen LogP contribution in [0.25, 0.3) is 0 Å². The molecule has 2 N–H and O–H groups in total. The summed E-state index contributed by atoms with van der Waals surface area (Å²) in [5.74, 6) is -0.902. The number of morpholine rings is 1. The lowest BCUT2D eigenvalue weighted by Gasteiger charge is -2.24. The molecule has 0 radical (unpaired) electrons. The van der Waals surface area contributed by atoms with Crippen LogP contribution in [0.15, 0.2) is 24.3 Å². The van der Waals surface area contributed by atoms with Crippen LogP contribution in [0, 0.1) is 0 Å². The number of hydrogen-bond donors (Lipinski definition) is 2. The maximum atomic E-state index is 10.8. The summed E-state index contributed by atoms with van der Waals surface area (Å²) in [4.78, 5) is 10.8. The number of carboxylic acid groups (broad SMARTS) is 1. The van der Waals surface area contributed by atoms with Crippen LogP contribution in [-0.2, 0) is 4.74 Å². The fourth-order valence-corrected chi connectivity index (χ4v) is 1.65. The molecule has 1 aromatic carbocycles. The third-order valence-corrected chi connectivity index (χ3v) is 2.43. The molecule has 0 aromatic heterocycles. The topological polar surface area (TPSA) is 58.6 Å². The Morgan fingerprint density at radius 1 is 1.53 bits per heavy atom. The second-order valence-electron chi connectivity index (χ2n) is 3.49. The summed E-state index contributed by atoms with van der Waals surface area (Å²) in [6, 6.07) is 6.89. The van der Waals surface area contributed by atoms with E-state index in [1.54, 1.807) is 18.2 Å². The van der Waals surface area contributed by atoms with Crippen molar-refractivity contribution in [2.24, 2.45) is 0 Å². The first kappa shape index (κ1) is 10.1. The predicted octanol–water partition coefficient (Wildman–Crippen LogP) is 1.05. The van der Waals surface area contributed by atoms with Gasteiger partial charge in [-0.05, 0) is 17.7 Å². The van der Waals surface area contributed by atoms with E-state index in [1.807, 2.05) is 6.07 Å². The van der Waals surface area contributed by atoms with Crippen LogP contribution >= 0.6 is 0 Å². The summed E-state index contributed by atoms with van der Waals surface area (Å²) >= 11 is 0. The first-order valence-corrected chi connectivity index (χ1v) is 4.93. The number of aromatic carboxylic acids is 1. The Morgan fingerprint density at radius 3 is 3.07 bits per heavy atom. The quantitative estimate of drug-likeness (QED) is 0.761. The van der Waals surface area contributed by atoms with E-state index >= 15 is 0 Å². The van der Waals surface area contributed by atoms with Gasteiger partial charge in [0.2, 0.25) is 0 Å². The summed E-state index contributed by atoms with van der Waals surface area (Å²) in [5, 5.41) is 12.1. The second-order valence-corrected chi connectivity index (χ2v) is 3.49. The highest BCUT2D eigenvalue weighted by molar-refractivity contribution is 5.87. The lowest BCUT2D eigenvalue weighted by molar-refractivity contribution is 0.0276. The SMILES string of the molecule is O=C(O)c1cccc([C@@H]2CNCCO2)c1. The van der Waals surface area contributed by atoms with Gasteiger partial charge in [-0.2, -0.15) is 0 Å². The molecule has 0 saturated carbocycles. The smallest absolute Gasteiger partial charge is 0.335 e. The maximum Gasteiger partial charge on any atom is 0.335 e. The summed E-state index contributed by atoms with van der Waals surface area (Å²) < 4.78 is 5.54. The molecule has 0 spiro atoms. The third kappa shape index (κ3) is 2.34. The van der Waals surface area contributed by atoms with Gasteiger partial charge in [-0.1, -0.05) is 12.1 Å². The highest BCUT2D eigenvalue weighted by atomic mass is 16.5. The largest absolute Gasteiger partial charge is 0.478 e. The van der Waals surface area contributed by atoms with Gasteiger partial charge in [-0.25, -0.2) is 4.79 Å².